The van der Waals surface area contributed by atoms with Gasteiger partial charge < -0.3 is 4.90 Å². The van der Waals surface area contributed by atoms with Crippen LogP contribution in [0.15, 0.2) is 43.0 Å². The summed E-state index contributed by atoms with van der Waals surface area (Å²) in [6, 6.07) is 5.35. The molecule has 1 atom stereocenters. The van der Waals surface area contributed by atoms with Crippen molar-refractivity contribution in [2.45, 2.75) is 30.2 Å². The Morgan fingerprint density at radius 3 is 1.76 bits per heavy atom. The van der Waals surface area contributed by atoms with E-state index in [2.05, 4.69) is 11.3 Å². The molecule has 0 aliphatic rings. The Morgan fingerprint density at radius 1 is 0.897 bits per heavy atom. The molecule has 1 rings (SSSR count). The molecule has 0 spiro atoms. The summed E-state index contributed by atoms with van der Waals surface area (Å²) < 4.78 is 145. The molecule has 29 heavy (non-hydrogen) atoms. The molecule has 0 aromatic heterocycles. The van der Waals surface area contributed by atoms with Gasteiger partial charge in [-0.25, -0.2) is 0 Å². The van der Waals surface area contributed by atoms with E-state index in [0.717, 1.165) is 24.3 Å². The standard InChI is InChI=1S/C15H10F11NO2/c1-2-8-27(9-6-4-3-5-7-9)10(28)11(16,13(19,20)21)29-15(25,26)12(17,18)14(22,23)24/h2-7H,1,8H2. The van der Waals surface area contributed by atoms with E-state index in [1.807, 2.05) is 0 Å². The second kappa shape index (κ2) is 7.80. The minimum atomic E-state index is -7.25. The second-order valence-electron chi connectivity index (χ2n) is 5.32. The Morgan fingerprint density at radius 2 is 1.38 bits per heavy atom. The van der Waals surface area contributed by atoms with E-state index in [9.17, 15) is 53.1 Å². The van der Waals surface area contributed by atoms with Gasteiger partial charge in [-0.05, 0) is 12.1 Å². The minimum Gasteiger partial charge on any atom is -0.303 e. The molecule has 14 heteroatoms. The van der Waals surface area contributed by atoms with Crippen LogP contribution < -0.4 is 4.90 Å². The lowest BCUT2D eigenvalue weighted by molar-refractivity contribution is -0.472. The van der Waals surface area contributed by atoms with Gasteiger partial charge in [-0.1, -0.05) is 24.3 Å². The highest BCUT2D eigenvalue weighted by molar-refractivity contribution is 5.99. The molecule has 3 nitrogen and oxygen atoms in total. The number of alkyl halides is 11. The first kappa shape index (κ1) is 24.7. The summed E-state index contributed by atoms with van der Waals surface area (Å²) in [5, 5.41) is 0. The average Bonchev–Trinajstić information content (AvgIpc) is 2.57. The van der Waals surface area contributed by atoms with Gasteiger partial charge in [0.2, 0.25) is 0 Å². The largest absolute Gasteiger partial charge is 0.462 e. The highest BCUT2D eigenvalue weighted by atomic mass is 19.4. The number of carbonyl (C=O) groups is 1. The van der Waals surface area contributed by atoms with Crippen LogP contribution in [0.25, 0.3) is 0 Å². The molecular weight excluding hydrogens is 435 g/mol. The summed E-state index contributed by atoms with van der Waals surface area (Å²) in [5.74, 6) is -16.5. The van der Waals surface area contributed by atoms with Crippen molar-refractivity contribution in [3.05, 3.63) is 43.0 Å². The molecule has 0 fully saturated rings. The van der Waals surface area contributed by atoms with Crippen LogP contribution in [0, 0.1) is 0 Å². The molecule has 0 aliphatic carbocycles. The fourth-order valence-corrected chi connectivity index (χ4v) is 1.84. The topological polar surface area (TPSA) is 29.5 Å². The van der Waals surface area contributed by atoms with Gasteiger partial charge in [0.25, 0.3) is 0 Å². The lowest BCUT2D eigenvalue weighted by atomic mass is 10.2. The molecule has 0 N–H and O–H groups in total. The summed E-state index contributed by atoms with van der Waals surface area (Å²) in [6.45, 7) is 2.08. The summed E-state index contributed by atoms with van der Waals surface area (Å²) >= 11 is 0. The van der Waals surface area contributed by atoms with Gasteiger partial charge >= 0.3 is 36.1 Å². The van der Waals surface area contributed by atoms with Crippen molar-refractivity contribution in [1.29, 1.82) is 0 Å². The zero-order valence-corrected chi connectivity index (χ0v) is 13.8. The van der Waals surface area contributed by atoms with Gasteiger partial charge in [-0.3, -0.25) is 9.53 Å². The van der Waals surface area contributed by atoms with Crippen molar-refractivity contribution in [3.63, 3.8) is 0 Å². The van der Waals surface area contributed by atoms with Gasteiger partial charge in [-0.2, -0.15) is 48.3 Å². The number of amides is 1. The first-order valence-electron chi connectivity index (χ1n) is 7.18. The molecule has 0 saturated carbocycles. The molecule has 0 bridgehead atoms. The second-order valence-corrected chi connectivity index (χ2v) is 5.32. The number of nitrogens with zero attached hydrogens (tertiary/aromatic N) is 1. The van der Waals surface area contributed by atoms with Crippen LogP contribution in [0.2, 0.25) is 0 Å². The molecule has 0 aliphatic heterocycles. The zero-order chi connectivity index (χ0) is 22.9. The van der Waals surface area contributed by atoms with Crippen LogP contribution in [0.4, 0.5) is 54.0 Å². The van der Waals surface area contributed by atoms with Crippen molar-refractivity contribution < 1.29 is 57.8 Å². The van der Waals surface area contributed by atoms with Gasteiger partial charge in [0.05, 0.1) is 0 Å². The Labute approximate surface area is 155 Å². The fourth-order valence-electron chi connectivity index (χ4n) is 1.84. The van der Waals surface area contributed by atoms with Crippen LogP contribution in [-0.2, 0) is 9.53 Å². The van der Waals surface area contributed by atoms with E-state index in [1.165, 1.54) is 6.07 Å². The van der Waals surface area contributed by atoms with Gasteiger partial charge in [0.1, 0.15) is 0 Å². The number of carbonyl (C=O) groups excluding carboxylic acids is 1. The van der Waals surface area contributed by atoms with E-state index in [1.54, 1.807) is 0 Å². The van der Waals surface area contributed by atoms with E-state index < -0.39 is 48.4 Å². The Hall–Kier alpha value is -2.38. The van der Waals surface area contributed by atoms with Crippen LogP contribution in [0.5, 0.6) is 0 Å². The van der Waals surface area contributed by atoms with Crippen molar-refractivity contribution in [1.82, 2.24) is 0 Å². The lowest BCUT2D eigenvalue weighted by Crippen LogP contribution is -2.64. The Bertz CT molecular complexity index is 730. The minimum absolute atomic E-state index is 0.178. The number of ether oxygens (including phenoxy) is 1. The molecule has 164 valence electrons. The number of rotatable bonds is 7. The maximum atomic E-state index is 14.4. The van der Waals surface area contributed by atoms with Crippen LogP contribution in [0.1, 0.15) is 0 Å². The van der Waals surface area contributed by atoms with E-state index in [4.69, 9.17) is 0 Å². The third-order valence-corrected chi connectivity index (χ3v) is 3.25. The number of halogens is 11. The predicted molar refractivity (Wildman–Crippen MR) is 75.9 cm³/mol. The van der Waals surface area contributed by atoms with Gasteiger partial charge in [0, 0.05) is 12.2 Å². The van der Waals surface area contributed by atoms with E-state index >= 15 is 0 Å². The smallest absolute Gasteiger partial charge is 0.303 e. The zero-order valence-electron chi connectivity index (χ0n) is 13.8. The Balaban J connectivity index is 3.51. The molecule has 0 saturated heterocycles. The molecule has 1 aromatic rings. The maximum Gasteiger partial charge on any atom is 0.462 e. The van der Waals surface area contributed by atoms with Crippen molar-refractivity contribution in [2.24, 2.45) is 0 Å². The normalized spacial score (nSPS) is 15.6. The monoisotopic (exact) mass is 445 g/mol. The summed E-state index contributed by atoms with van der Waals surface area (Å²) in [7, 11) is 0. The fraction of sp³-hybridized carbons (Fsp3) is 0.400. The van der Waals surface area contributed by atoms with Crippen molar-refractivity contribution in [3.8, 4) is 0 Å². The van der Waals surface area contributed by atoms with Crippen LogP contribution in [-0.4, -0.2) is 42.7 Å². The molecule has 0 radical (unpaired) electrons. The van der Waals surface area contributed by atoms with Crippen molar-refractivity contribution in [2.75, 3.05) is 11.4 Å². The molecule has 1 unspecified atom stereocenters. The number of hydrogen-bond acceptors (Lipinski definition) is 2. The quantitative estimate of drug-likeness (QED) is 0.425. The first-order chi connectivity index (χ1) is 12.9. The van der Waals surface area contributed by atoms with E-state index in [-0.39, 0.29) is 4.90 Å². The summed E-state index contributed by atoms with van der Waals surface area (Å²) in [5.41, 5.74) is -0.543. The number of benzene rings is 1. The lowest BCUT2D eigenvalue weighted by Gasteiger charge is -2.36. The molecular formula is C15H10F11NO2. The highest BCUT2D eigenvalue weighted by Crippen LogP contribution is 2.51. The SMILES string of the molecule is C=CCN(C(=O)C(F)(OC(F)(F)C(F)(F)C(F)(F)F)C(F)(F)F)c1ccccc1. The summed E-state index contributed by atoms with van der Waals surface area (Å²) in [4.78, 5) is 11.9. The van der Waals surface area contributed by atoms with E-state index in [0.29, 0.717) is 6.08 Å². The number of hydrogen-bond donors (Lipinski definition) is 0. The first-order valence-corrected chi connectivity index (χ1v) is 7.18. The summed E-state index contributed by atoms with van der Waals surface area (Å²) in [6.07, 6.45) is -20.3. The van der Waals surface area contributed by atoms with Crippen LogP contribution in [0.3, 0.4) is 0 Å². The van der Waals surface area contributed by atoms with Crippen LogP contribution >= 0.6 is 0 Å². The highest BCUT2D eigenvalue weighted by Gasteiger charge is 2.80. The van der Waals surface area contributed by atoms with Crippen molar-refractivity contribution >= 4 is 11.6 Å². The molecule has 1 aromatic carbocycles. The maximum absolute atomic E-state index is 14.4. The third kappa shape index (κ3) is 4.62. The average molecular weight is 445 g/mol. The Kier molecular flexibility index (Phi) is 6.63. The van der Waals surface area contributed by atoms with Gasteiger partial charge in [0.15, 0.2) is 0 Å². The number of anilines is 1. The molecule has 1 amide bonds. The number of para-hydroxylation sites is 1. The predicted octanol–water partition coefficient (Wildman–Crippen LogP) is 5.24. The van der Waals surface area contributed by atoms with Gasteiger partial charge in [-0.15, -0.1) is 6.58 Å². The third-order valence-electron chi connectivity index (χ3n) is 3.25. The molecule has 0 heterocycles.